The quantitative estimate of drug-likeness (QED) is 0.400. The van der Waals surface area contributed by atoms with E-state index in [9.17, 15) is 4.79 Å². The Balaban J connectivity index is 3.05. The van der Waals surface area contributed by atoms with Crippen LogP contribution in [-0.2, 0) is 0 Å². The van der Waals surface area contributed by atoms with Crippen molar-refractivity contribution < 1.29 is 4.79 Å². The molecule has 4 heteroatoms. The van der Waals surface area contributed by atoms with Gasteiger partial charge in [-0.1, -0.05) is 32.0 Å². The SMILES string of the molecule is CC(C)c1cccc(C(=O)N=[N+]=[N-])c1. The number of azide groups is 1. The molecule has 0 spiro atoms. The fraction of sp³-hybridized carbons (Fsp3) is 0.300. The summed E-state index contributed by atoms with van der Waals surface area (Å²) >= 11 is 0. The van der Waals surface area contributed by atoms with Gasteiger partial charge in [-0.25, -0.2) is 0 Å². The Morgan fingerprint density at radius 2 is 2.21 bits per heavy atom. The molecule has 0 N–H and O–H groups in total. The average molecular weight is 189 g/mol. The molecule has 0 aliphatic heterocycles. The smallest absolute Gasteiger partial charge is 0.249 e. The Bertz CT molecular complexity index is 392. The van der Waals surface area contributed by atoms with Crippen LogP contribution in [0.25, 0.3) is 10.4 Å². The molecule has 0 unspecified atom stereocenters. The molecule has 0 fully saturated rings. The number of carbonyl (C=O) groups is 1. The molecule has 1 aromatic carbocycles. The van der Waals surface area contributed by atoms with Crippen LogP contribution >= 0.6 is 0 Å². The maximum atomic E-state index is 11.2. The average Bonchev–Trinajstić information content (AvgIpc) is 2.18. The van der Waals surface area contributed by atoms with Crippen molar-refractivity contribution in [3.05, 3.63) is 45.8 Å². The summed E-state index contributed by atoms with van der Waals surface area (Å²) < 4.78 is 0. The zero-order chi connectivity index (χ0) is 10.6. The van der Waals surface area contributed by atoms with Gasteiger partial charge in [0.05, 0.1) is 0 Å². The first-order valence-corrected chi connectivity index (χ1v) is 4.34. The minimum Gasteiger partial charge on any atom is -0.287 e. The molecule has 14 heavy (non-hydrogen) atoms. The lowest BCUT2D eigenvalue weighted by Gasteiger charge is -2.05. The van der Waals surface area contributed by atoms with Crippen molar-refractivity contribution in [3.63, 3.8) is 0 Å². The van der Waals surface area contributed by atoms with Gasteiger partial charge >= 0.3 is 0 Å². The van der Waals surface area contributed by atoms with Gasteiger partial charge in [-0.3, -0.25) is 4.79 Å². The van der Waals surface area contributed by atoms with E-state index < -0.39 is 5.91 Å². The van der Waals surface area contributed by atoms with Gasteiger partial charge in [0.25, 0.3) is 0 Å². The third-order valence-electron chi connectivity index (χ3n) is 1.94. The van der Waals surface area contributed by atoms with Crippen molar-refractivity contribution in [2.75, 3.05) is 0 Å². The Morgan fingerprint density at radius 1 is 1.50 bits per heavy atom. The zero-order valence-corrected chi connectivity index (χ0v) is 8.14. The van der Waals surface area contributed by atoms with Crippen molar-refractivity contribution in [1.82, 2.24) is 0 Å². The standard InChI is InChI=1S/C10H11N3O/c1-7(2)8-4-3-5-9(6-8)10(14)12-13-11/h3-7H,1-2H3. The molecule has 0 aliphatic carbocycles. The zero-order valence-electron chi connectivity index (χ0n) is 8.14. The summed E-state index contributed by atoms with van der Waals surface area (Å²) in [4.78, 5) is 13.7. The lowest BCUT2D eigenvalue weighted by atomic mass is 10.0. The van der Waals surface area contributed by atoms with Gasteiger partial charge in [0.2, 0.25) is 5.91 Å². The van der Waals surface area contributed by atoms with Crippen molar-refractivity contribution in [3.8, 4) is 0 Å². The molecular formula is C10H11N3O. The van der Waals surface area contributed by atoms with Crippen molar-refractivity contribution in [2.45, 2.75) is 19.8 Å². The Kier molecular flexibility index (Phi) is 3.26. The van der Waals surface area contributed by atoms with E-state index in [1.807, 2.05) is 19.9 Å². The fourth-order valence-electron chi connectivity index (χ4n) is 1.13. The Hall–Kier alpha value is -1.80. The van der Waals surface area contributed by atoms with E-state index in [-0.39, 0.29) is 0 Å². The van der Waals surface area contributed by atoms with Gasteiger partial charge in [0.15, 0.2) is 0 Å². The molecule has 1 rings (SSSR count). The van der Waals surface area contributed by atoms with E-state index in [1.54, 1.807) is 18.2 Å². The summed E-state index contributed by atoms with van der Waals surface area (Å²) in [5.41, 5.74) is 9.61. The fourth-order valence-corrected chi connectivity index (χ4v) is 1.13. The molecule has 0 saturated carbocycles. The minimum absolute atomic E-state index is 0.355. The van der Waals surface area contributed by atoms with E-state index in [2.05, 4.69) is 10.0 Å². The number of carbonyl (C=O) groups excluding carboxylic acids is 1. The first-order chi connectivity index (χ1) is 6.65. The second kappa shape index (κ2) is 4.44. The summed E-state index contributed by atoms with van der Waals surface area (Å²) in [6.07, 6.45) is 0. The first-order valence-electron chi connectivity index (χ1n) is 4.34. The molecule has 0 aromatic heterocycles. The Labute approximate surface area is 82.2 Å². The van der Waals surface area contributed by atoms with Crippen LogP contribution in [0.1, 0.15) is 35.7 Å². The molecule has 0 bridgehead atoms. The van der Waals surface area contributed by atoms with Crippen LogP contribution in [0.5, 0.6) is 0 Å². The largest absolute Gasteiger partial charge is 0.287 e. The van der Waals surface area contributed by atoms with Gasteiger partial charge in [0.1, 0.15) is 0 Å². The molecule has 0 heterocycles. The van der Waals surface area contributed by atoms with Gasteiger partial charge in [-0.2, -0.15) is 0 Å². The molecule has 4 nitrogen and oxygen atoms in total. The summed E-state index contributed by atoms with van der Waals surface area (Å²) in [6, 6.07) is 7.12. The van der Waals surface area contributed by atoms with Gasteiger partial charge in [-0.05, 0) is 28.2 Å². The summed E-state index contributed by atoms with van der Waals surface area (Å²) in [7, 11) is 0. The third kappa shape index (κ3) is 2.34. The van der Waals surface area contributed by atoms with Crippen LogP contribution in [0.4, 0.5) is 0 Å². The number of benzene rings is 1. The number of hydrogen-bond donors (Lipinski definition) is 0. The molecule has 1 amide bonds. The summed E-state index contributed by atoms with van der Waals surface area (Å²) in [6.45, 7) is 4.08. The molecular weight excluding hydrogens is 178 g/mol. The minimum atomic E-state index is -0.532. The number of hydrogen-bond acceptors (Lipinski definition) is 1. The van der Waals surface area contributed by atoms with Gasteiger partial charge in [0, 0.05) is 10.5 Å². The van der Waals surface area contributed by atoms with E-state index in [1.165, 1.54) is 0 Å². The highest BCUT2D eigenvalue weighted by Gasteiger charge is 2.05. The highest BCUT2D eigenvalue weighted by atomic mass is 16.1. The molecule has 72 valence electrons. The van der Waals surface area contributed by atoms with E-state index >= 15 is 0 Å². The molecule has 0 saturated heterocycles. The monoisotopic (exact) mass is 189 g/mol. The van der Waals surface area contributed by atoms with E-state index in [0.29, 0.717) is 11.5 Å². The topological polar surface area (TPSA) is 65.8 Å². The lowest BCUT2D eigenvalue weighted by molar-refractivity contribution is 0.100. The molecule has 0 atom stereocenters. The number of nitrogens with zero attached hydrogens (tertiary/aromatic N) is 3. The van der Waals surface area contributed by atoms with Gasteiger partial charge < -0.3 is 0 Å². The number of amides is 1. The van der Waals surface area contributed by atoms with Crippen LogP contribution in [0, 0.1) is 0 Å². The van der Waals surface area contributed by atoms with Crippen LogP contribution in [0.15, 0.2) is 29.4 Å². The lowest BCUT2D eigenvalue weighted by Crippen LogP contribution is -1.95. The molecule has 1 aromatic rings. The highest BCUT2D eigenvalue weighted by Crippen LogP contribution is 2.15. The second-order valence-corrected chi connectivity index (χ2v) is 3.27. The number of rotatable bonds is 2. The second-order valence-electron chi connectivity index (χ2n) is 3.27. The molecule has 0 radical (unpaired) electrons. The third-order valence-corrected chi connectivity index (χ3v) is 1.94. The highest BCUT2D eigenvalue weighted by molar-refractivity contribution is 5.95. The van der Waals surface area contributed by atoms with Crippen LogP contribution < -0.4 is 0 Å². The van der Waals surface area contributed by atoms with Crippen molar-refractivity contribution in [1.29, 1.82) is 0 Å². The van der Waals surface area contributed by atoms with E-state index in [0.717, 1.165) is 5.56 Å². The Morgan fingerprint density at radius 3 is 2.79 bits per heavy atom. The maximum absolute atomic E-state index is 11.2. The predicted molar refractivity (Wildman–Crippen MR) is 54.0 cm³/mol. The maximum Gasteiger partial charge on any atom is 0.249 e. The van der Waals surface area contributed by atoms with Crippen molar-refractivity contribution >= 4 is 5.91 Å². The van der Waals surface area contributed by atoms with Crippen LogP contribution in [0.2, 0.25) is 0 Å². The predicted octanol–water partition coefficient (Wildman–Crippen LogP) is 3.26. The van der Waals surface area contributed by atoms with Crippen LogP contribution in [0.3, 0.4) is 0 Å². The van der Waals surface area contributed by atoms with Gasteiger partial charge in [-0.15, -0.1) is 0 Å². The van der Waals surface area contributed by atoms with Crippen LogP contribution in [-0.4, -0.2) is 5.91 Å². The molecule has 0 aliphatic rings. The first kappa shape index (κ1) is 10.3. The van der Waals surface area contributed by atoms with E-state index in [4.69, 9.17) is 5.53 Å². The van der Waals surface area contributed by atoms with Crippen molar-refractivity contribution in [2.24, 2.45) is 5.11 Å². The summed E-state index contributed by atoms with van der Waals surface area (Å²) in [5, 5.41) is 3.04. The normalized spacial score (nSPS) is 9.64. The summed E-state index contributed by atoms with van der Waals surface area (Å²) in [5.74, 6) is -0.177.